The van der Waals surface area contributed by atoms with Gasteiger partial charge in [-0.15, -0.1) is 11.3 Å². The Bertz CT molecular complexity index is 406. The van der Waals surface area contributed by atoms with Gasteiger partial charge in [0.15, 0.2) is 4.47 Å². The van der Waals surface area contributed by atoms with E-state index in [9.17, 15) is 4.79 Å². The van der Waals surface area contributed by atoms with E-state index in [0.717, 1.165) is 18.9 Å². The van der Waals surface area contributed by atoms with Crippen molar-refractivity contribution in [2.75, 3.05) is 6.54 Å². The van der Waals surface area contributed by atoms with Gasteiger partial charge in [0.1, 0.15) is 5.69 Å². The molecule has 1 aromatic rings. The van der Waals surface area contributed by atoms with Gasteiger partial charge >= 0.3 is 0 Å². The van der Waals surface area contributed by atoms with E-state index in [1.165, 1.54) is 24.2 Å². The molecule has 1 aliphatic carbocycles. The maximum Gasteiger partial charge on any atom is 0.273 e. The lowest BCUT2D eigenvalue weighted by molar-refractivity contribution is 0.0698. The highest BCUT2D eigenvalue weighted by atomic mass is 35.5. The Labute approximate surface area is 97.1 Å². The smallest absolute Gasteiger partial charge is 0.273 e. The van der Waals surface area contributed by atoms with Crippen LogP contribution in [0.15, 0.2) is 5.38 Å². The van der Waals surface area contributed by atoms with Crippen molar-refractivity contribution in [2.45, 2.75) is 25.3 Å². The number of halogens is 1. The van der Waals surface area contributed by atoms with Gasteiger partial charge in [0.25, 0.3) is 5.91 Å². The summed E-state index contributed by atoms with van der Waals surface area (Å²) in [6, 6.07) is 0.461. The zero-order chi connectivity index (χ0) is 10.4. The molecule has 2 bridgehead atoms. The molecule has 2 atom stereocenters. The van der Waals surface area contributed by atoms with E-state index in [-0.39, 0.29) is 5.91 Å². The van der Waals surface area contributed by atoms with Crippen molar-refractivity contribution in [2.24, 2.45) is 5.92 Å². The van der Waals surface area contributed by atoms with Crippen LogP contribution in [0.5, 0.6) is 0 Å². The molecule has 3 nitrogen and oxygen atoms in total. The van der Waals surface area contributed by atoms with Gasteiger partial charge in [-0.1, -0.05) is 11.6 Å². The summed E-state index contributed by atoms with van der Waals surface area (Å²) in [4.78, 5) is 18.1. The Balaban J connectivity index is 1.81. The molecule has 1 aliphatic heterocycles. The number of thiazole rings is 1. The maximum absolute atomic E-state index is 12.1. The Morgan fingerprint density at radius 3 is 3.00 bits per heavy atom. The predicted molar refractivity (Wildman–Crippen MR) is 59.3 cm³/mol. The number of carbonyl (C=O) groups excluding carboxylic acids is 1. The summed E-state index contributed by atoms with van der Waals surface area (Å²) in [5.41, 5.74) is 0.512. The highest BCUT2D eigenvalue weighted by molar-refractivity contribution is 7.14. The molecule has 1 saturated carbocycles. The molecule has 1 aromatic heterocycles. The van der Waals surface area contributed by atoms with Crippen molar-refractivity contribution < 1.29 is 4.79 Å². The van der Waals surface area contributed by atoms with Gasteiger partial charge in [0, 0.05) is 18.0 Å². The summed E-state index contributed by atoms with van der Waals surface area (Å²) in [6.45, 7) is 0.915. The average Bonchev–Trinajstić information content (AvgIpc) is 2.90. The fourth-order valence-electron chi connectivity index (χ4n) is 2.67. The molecule has 1 saturated heterocycles. The van der Waals surface area contributed by atoms with Crippen LogP contribution in [-0.2, 0) is 0 Å². The third kappa shape index (κ3) is 1.56. The molecule has 3 rings (SSSR count). The summed E-state index contributed by atoms with van der Waals surface area (Å²) >= 11 is 7.05. The van der Waals surface area contributed by atoms with Crippen LogP contribution in [0.3, 0.4) is 0 Å². The number of carbonyl (C=O) groups is 1. The van der Waals surface area contributed by atoms with Crippen LogP contribution in [0.2, 0.25) is 4.47 Å². The van der Waals surface area contributed by atoms with Gasteiger partial charge in [-0.25, -0.2) is 4.98 Å². The maximum atomic E-state index is 12.1. The van der Waals surface area contributed by atoms with Gasteiger partial charge in [0.05, 0.1) is 0 Å². The first-order valence-electron chi connectivity index (χ1n) is 5.16. The van der Waals surface area contributed by atoms with E-state index in [4.69, 9.17) is 11.6 Å². The van der Waals surface area contributed by atoms with Crippen molar-refractivity contribution in [3.05, 3.63) is 15.5 Å². The lowest BCUT2D eigenvalue weighted by atomic mass is 10.1. The molecule has 0 spiro atoms. The first kappa shape index (κ1) is 9.60. The molecule has 2 fully saturated rings. The molecule has 1 amide bonds. The van der Waals surface area contributed by atoms with Crippen LogP contribution in [0, 0.1) is 5.92 Å². The molecule has 0 aromatic carbocycles. The average molecular weight is 243 g/mol. The molecule has 2 unspecified atom stereocenters. The van der Waals surface area contributed by atoms with Crippen LogP contribution >= 0.6 is 22.9 Å². The molecular formula is C10H11ClN2OS. The molecule has 2 aliphatic rings. The Hall–Kier alpha value is -0.610. The Morgan fingerprint density at radius 1 is 1.60 bits per heavy atom. The molecule has 80 valence electrons. The minimum Gasteiger partial charge on any atom is -0.334 e. The molecular weight excluding hydrogens is 232 g/mol. The van der Waals surface area contributed by atoms with Gasteiger partial charge in [-0.3, -0.25) is 4.79 Å². The van der Waals surface area contributed by atoms with E-state index in [2.05, 4.69) is 4.98 Å². The van der Waals surface area contributed by atoms with Gasteiger partial charge in [0.2, 0.25) is 0 Å². The van der Waals surface area contributed by atoms with Crippen LogP contribution in [-0.4, -0.2) is 28.4 Å². The van der Waals surface area contributed by atoms with Crippen molar-refractivity contribution >= 4 is 28.8 Å². The second-order valence-electron chi connectivity index (χ2n) is 4.28. The summed E-state index contributed by atoms with van der Waals surface area (Å²) in [5.74, 6) is 0.790. The largest absolute Gasteiger partial charge is 0.334 e. The predicted octanol–water partition coefficient (Wildman–Crippen LogP) is 2.42. The van der Waals surface area contributed by atoms with Gasteiger partial charge in [-0.2, -0.15) is 0 Å². The number of hydrogen-bond donors (Lipinski definition) is 0. The fraction of sp³-hybridized carbons (Fsp3) is 0.600. The first-order chi connectivity index (χ1) is 7.24. The molecule has 15 heavy (non-hydrogen) atoms. The number of piperidine rings is 1. The number of hydrogen-bond acceptors (Lipinski definition) is 3. The van der Waals surface area contributed by atoms with Gasteiger partial charge in [-0.05, 0) is 25.2 Å². The normalized spacial score (nSPS) is 28.7. The SMILES string of the molecule is O=C(c1csc(Cl)n1)N1CC2CCC1C2. The lowest BCUT2D eigenvalue weighted by Crippen LogP contribution is -2.37. The molecule has 0 N–H and O–H groups in total. The third-order valence-corrected chi connectivity index (χ3v) is 4.34. The first-order valence-corrected chi connectivity index (χ1v) is 6.42. The van der Waals surface area contributed by atoms with Crippen LogP contribution in [0.4, 0.5) is 0 Å². The van der Waals surface area contributed by atoms with Crippen LogP contribution in [0.25, 0.3) is 0 Å². The van der Waals surface area contributed by atoms with E-state index in [1.54, 1.807) is 5.38 Å². The Kier molecular flexibility index (Phi) is 2.21. The Morgan fingerprint density at radius 2 is 2.47 bits per heavy atom. The second-order valence-corrected chi connectivity index (χ2v) is 5.72. The van der Waals surface area contributed by atoms with Crippen molar-refractivity contribution in [3.63, 3.8) is 0 Å². The van der Waals surface area contributed by atoms with E-state index in [1.807, 2.05) is 4.90 Å². The zero-order valence-corrected chi connectivity index (χ0v) is 9.72. The van der Waals surface area contributed by atoms with Crippen molar-refractivity contribution in [3.8, 4) is 0 Å². The number of nitrogens with zero attached hydrogens (tertiary/aromatic N) is 2. The third-order valence-electron chi connectivity index (χ3n) is 3.37. The molecule has 0 radical (unpaired) electrons. The standard InChI is InChI=1S/C10H11ClN2OS/c11-10-12-8(5-15-10)9(14)13-4-6-1-2-7(13)3-6/h5-7H,1-4H2. The quantitative estimate of drug-likeness (QED) is 0.758. The van der Waals surface area contributed by atoms with Crippen molar-refractivity contribution in [1.29, 1.82) is 0 Å². The van der Waals surface area contributed by atoms with E-state index < -0.39 is 0 Å². The summed E-state index contributed by atoms with van der Waals surface area (Å²) < 4.78 is 0.447. The van der Waals surface area contributed by atoms with Crippen LogP contribution < -0.4 is 0 Å². The number of fused-ring (bicyclic) bond motifs is 2. The van der Waals surface area contributed by atoms with Crippen LogP contribution in [0.1, 0.15) is 29.8 Å². The van der Waals surface area contributed by atoms with Gasteiger partial charge < -0.3 is 4.90 Å². The highest BCUT2D eigenvalue weighted by Gasteiger charge is 2.40. The summed E-state index contributed by atoms with van der Waals surface area (Å²) in [7, 11) is 0. The number of amides is 1. The topological polar surface area (TPSA) is 33.2 Å². The number of likely N-dealkylation sites (tertiary alicyclic amines) is 1. The minimum atomic E-state index is 0.0605. The molecule has 5 heteroatoms. The molecule has 2 heterocycles. The van der Waals surface area contributed by atoms with E-state index in [0.29, 0.717) is 16.2 Å². The monoisotopic (exact) mass is 242 g/mol. The van der Waals surface area contributed by atoms with Crippen molar-refractivity contribution in [1.82, 2.24) is 9.88 Å². The minimum absolute atomic E-state index is 0.0605. The number of rotatable bonds is 1. The highest BCUT2D eigenvalue weighted by Crippen LogP contribution is 2.38. The summed E-state index contributed by atoms with van der Waals surface area (Å²) in [6.07, 6.45) is 3.63. The lowest BCUT2D eigenvalue weighted by Gasteiger charge is -2.26. The zero-order valence-electron chi connectivity index (χ0n) is 8.15. The van der Waals surface area contributed by atoms with E-state index >= 15 is 0 Å². The summed E-state index contributed by atoms with van der Waals surface area (Å²) in [5, 5.41) is 1.75. The number of aromatic nitrogens is 1. The second kappa shape index (κ2) is 3.46. The fourth-order valence-corrected chi connectivity index (χ4v) is 3.41.